The first-order valence-electron chi connectivity index (χ1n) is 7.04. The van der Waals surface area contributed by atoms with Crippen LogP contribution in [0.3, 0.4) is 0 Å². The molecule has 2 rings (SSSR count). The third kappa shape index (κ3) is 4.09. The molecule has 108 valence electrons. The Balaban J connectivity index is 1.95. The fourth-order valence-electron chi connectivity index (χ4n) is 2.49. The van der Waals surface area contributed by atoms with Crippen molar-refractivity contribution in [2.75, 3.05) is 13.1 Å². The molecule has 0 aliphatic carbocycles. The number of likely N-dealkylation sites (tertiary alicyclic amines) is 1. The zero-order valence-corrected chi connectivity index (χ0v) is 12.5. The number of halogens is 1. The molecule has 3 nitrogen and oxygen atoms in total. The zero-order chi connectivity index (χ0) is 14.5. The van der Waals surface area contributed by atoms with E-state index in [4.69, 9.17) is 17.3 Å². The predicted molar refractivity (Wildman–Crippen MR) is 83.4 cm³/mol. The summed E-state index contributed by atoms with van der Waals surface area (Å²) in [4.78, 5) is 14.1. The second kappa shape index (κ2) is 6.91. The Labute approximate surface area is 125 Å². The number of carbonyl (C=O) groups is 1. The smallest absolute Gasteiger partial charge is 0.246 e. The third-order valence-corrected chi connectivity index (χ3v) is 4.05. The first kappa shape index (κ1) is 15.1. The molecule has 0 spiro atoms. The first-order valence-corrected chi connectivity index (χ1v) is 7.42. The van der Waals surface area contributed by atoms with Gasteiger partial charge in [0.15, 0.2) is 0 Å². The molecule has 4 heteroatoms. The van der Waals surface area contributed by atoms with Gasteiger partial charge in [-0.2, -0.15) is 0 Å². The number of hydrogen-bond acceptors (Lipinski definition) is 2. The minimum Gasteiger partial charge on any atom is -0.339 e. The average molecular weight is 293 g/mol. The van der Waals surface area contributed by atoms with E-state index in [2.05, 4.69) is 0 Å². The van der Waals surface area contributed by atoms with Gasteiger partial charge >= 0.3 is 0 Å². The molecule has 1 aliphatic rings. The highest BCUT2D eigenvalue weighted by Crippen LogP contribution is 2.19. The summed E-state index contributed by atoms with van der Waals surface area (Å²) in [5, 5.41) is 0.698. The highest BCUT2D eigenvalue weighted by atomic mass is 35.5. The van der Waals surface area contributed by atoms with E-state index in [0.717, 1.165) is 31.5 Å². The van der Waals surface area contributed by atoms with Crippen LogP contribution in [0.4, 0.5) is 0 Å². The Morgan fingerprint density at radius 2 is 2.15 bits per heavy atom. The maximum atomic E-state index is 12.2. The van der Waals surface area contributed by atoms with Gasteiger partial charge in [0.05, 0.1) is 0 Å². The van der Waals surface area contributed by atoms with Gasteiger partial charge in [0, 0.05) is 30.2 Å². The lowest BCUT2D eigenvalue weighted by Crippen LogP contribution is -2.44. The summed E-state index contributed by atoms with van der Waals surface area (Å²) in [5.74, 6) is 0.474. The second-order valence-corrected chi connectivity index (χ2v) is 5.87. The van der Waals surface area contributed by atoms with Crippen molar-refractivity contribution in [2.24, 2.45) is 11.7 Å². The maximum Gasteiger partial charge on any atom is 0.246 e. The maximum absolute atomic E-state index is 12.2. The molecule has 1 aromatic rings. The van der Waals surface area contributed by atoms with Crippen LogP contribution in [0.2, 0.25) is 5.02 Å². The largest absolute Gasteiger partial charge is 0.339 e. The second-order valence-electron chi connectivity index (χ2n) is 5.43. The summed E-state index contributed by atoms with van der Waals surface area (Å²) in [6, 6.07) is 7.57. The van der Waals surface area contributed by atoms with Gasteiger partial charge < -0.3 is 10.6 Å². The van der Waals surface area contributed by atoms with Crippen molar-refractivity contribution >= 4 is 23.6 Å². The molecular formula is C16H21ClN2O. The number of piperidine rings is 1. The molecule has 0 saturated carbocycles. The van der Waals surface area contributed by atoms with Crippen LogP contribution in [0.5, 0.6) is 0 Å². The average Bonchev–Trinajstić information content (AvgIpc) is 2.46. The molecule has 1 fully saturated rings. The van der Waals surface area contributed by atoms with E-state index < -0.39 is 0 Å². The van der Waals surface area contributed by atoms with Gasteiger partial charge in [-0.1, -0.05) is 23.7 Å². The number of carbonyl (C=O) groups excluding carboxylic acids is 1. The normalized spacial score (nSPS) is 21.1. The number of amides is 1. The van der Waals surface area contributed by atoms with Gasteiger partial charge in [-0.25, -0.2) is 0 Å². The van der Waals surface area contributed by atoms with E-state index in [-0.39, 0.29) is 11.9 Å². The molecule has 1 amide bonds. The topological polar surface area (TPSA) is 46.3 Å². The number of benzene rings is 1. The molecule has 0 bridgehead atoms. The van der Waals surface area contributed by atoms with Crippen LogP contribution >= 0.6 is 11.6 Å². The third-order valence-electron chi connectivity index (χ3n) is 3.80. The van der Waals surface area contributed by atoms with E-state index in [1.165, 1.54) is 0 Å². The van der Waals surface area contributed by atoms with Gasteiger partial charge in [0.2, 0.25) is 5.91 Å². The minimum absolute atomic E-state index is 0.0605. The van der Waals surface area contributed by atoms with Crippen LogP contribution in [-0.4, -0.2) is 29.9 Å². The fourth-order valence-corrected chi connectivity index (χ4v) is 2.61. The Bertz CT molecular complexity index is 482. The minimum atomic E-state index is 0.0605. The number of nitrogens with zero attached hydrogens (tertiary/aromatic N) is 1. The molecule has 1 aromatic carbocycles. The summed E-state index contributed by atoms with van der Waals surface area (Å²) in [5.41, 5.74) is 6.92. The summed E-state index contributed by atoms with van der Waals surface area (Å²) in [6.07, 6.45) is 5.61. The predicted octanol–water partition coefficient (Wildman–Crippen LogP) is 2.94. The van der Waals surface area contributed by atoms with Crippen LogP contribution in [-0.2, 0) is 4.79 Å². The van der Waals surface area contributed by atoms with E-state index >= 15 is 0 Å². The van der Waals surface area contributed by atoms with E-state index in [1.54, 1.807) is 6.08 Å². The number of nitrogens with two attached hydrogens (primary N) is 1. The molecular weight excluding hydrogens is 272 g/mol. The summed E-state index contributed by atoms with van der Waals surface area (Å²) < 4.78 is 0. The summed E-state index contributed by atoms with van der Waals surface area (Å²) >= 11 is 5.83. The van der Waals surface area contributed by atoms with Crippen LogP contribution < -0.4 is 5.73 Å². The van der Waals surface area contributed by atoms with Crippen molar-refractivity contribution in [3.05, 3.63) is 40.9 Å². The molecule has 0 unspecified atom stereocenters. The molecule has 0 radical (unpaired) electrons. The lowest BCUT2D eigenvalue weighted by Gasteiger charge is -2.34. The quantitative estimate of drug-likeness (QED) is 0.871. The van der Waals surface area contributed by atoms with Crippen LogP contribution in [0, 0.1) is 5.92 Å². The molecule has 20 heavy (non-hydrogen) atoms. The monoisotopic (exact) mass is 292 g/mol. The Morgan fingerprint density at radius 3 is 2.80 bits per heavy atom. The fraction of sp³-hybridized carbons (Fsp3) is 0.438. The van der Waals surface area contributed by atoms with Gasteiger partial charge in [-0.15, -0.1) is 0 Å². The van der Waals surface area contributed by atoms with Crippen molar-refractivity contribution in [3.63, 3.8) is 0 Å². The van der Waals surface area contributed by atoms with Crippen molar-refractivity contribution in [1.29, 1.82) is 0 Å². The lowest BCUT2D eigenvalue weighted by atomic mass is 9.92. The molecule has 2 N–H and O–H groups in total. The van der Waals surface area contributed by atoms with E-state index in [0.29, 0.717) is 10.9 Å². The Hall–Kier alpha value is -1.32. The van der Waals surface area contributed by atoms with Crippen molar-refractivity contribution in [1.82, 2.24) is 4.90 Å². The molecule has 1 heterocycles. The van der Waals surface area contributed by atoms with Crippen LogP contribution in [0.1, 0.15) is 25.3 Å². The van der Waals surface area contributed by atoms with Gasteiger partial charge in [-0.05, 0) is 49.5 Å². The lowest BCUT2D eigenvalue weighted by molar-refractivity contribution is -0.127. The summed E-state index contributed by atoms with van der Waals surface area (Å²) in [7, 11) is 0. The van der Waals surface area contributed by atoms with Crippen molar-refractivity contribution in [3.8, 4) is 0 Å². The molecule has 1 saturated heterocycles. The Kier molecular flexibility index (Phi) is 5.21. The summed E-state index contributed by atoms with van der Waals surface area (Å²) in [6.45, 7) is 3.61. The van der Waals surface area contributed by atoms with E-state index in [9.17, 15) is 4.79 Å². The molecule has 0 aromatic heterocycles. The van der Waals surface area contributed by atoms with Crippen molar-refractivity contribution < 1.29 is 4.79 Å². The highest BCUT2D eigenvalue weighted by Gasteiger charge is 2.24. The van der Waals surface area contributed by atoms with Crippen molar-refractivity contribution in [2.45, 2.75) is 25.8 Å². The SMILES string of the molecule is C[C@H](N)[C@@H]1CCCN(C(=O)/C=C\c2ccc(Cl)cc2)C1. The molecule has 2 atom stereocenters. The Morgan fingerprint density at radius 1 is 1.45 bits per heavy atom. The molecule has 1 aliphatic heterocycles. The number of rotatable bonds is 3. The number of hydrogen-bond donors (Lipinski definition) is 1. The van der Waals surface area contributed by atoms with Gasteiger partial charge in [0.1, 0.15) is 0 Å². The van der Waals surface area contributed by atoms with Gasteiger partial charge in [-0.3, -0.25) is 4.79 Å². The van der Waals surface area contributed by atoms with Gasteiger partial charge in [0.25, 0.3) is 0 Å². The van der Waals surface area contributed by atoms with E-state index in [1.807, 2.05) is 42.2 Å². The van der Waals surface area contributed by atoms with Crippen LogP contribution in [0.15, 0.2) is 30.3 Å². The zero-order valence-electron chi connectivity index (χ0n) is 11.8. The van der Waals surface area contributed by atoms with Crippen LogP contribution in [0.25, 0.3) is 6.08 Å². The first-order chi connectivity index (χ1) is 9.56. The highest BCUT2D eigenvalue weighted by molar-refractivity contribution is 6.30. The standard InChI is InChI=1S/C16H21ClN2O/c1-12(18)14-3-2-10-19(11-14)16(20)9-6-13-4-7-15(17)8-5-13/h4-9,12,14H,2-3,10-11,18H2,1H3/b9-6-/t12-,14+/m0/s1.